The lowest BCUT2D eigenvalue weighted by Gasteiger charge is -2.33. The molecule has 29 heavy (non-hydrogen) atoms. The summed E-state index contributed by atoms with van der Waals surface area (Å²) in [4.78, 5) is 31.4. The van der Waals surface area contributed by atoms with E-state index in [4.69, 9.17) is 16.3 Å². The zero-order chi connectivity index (χ0) is 20.5. The highest BCUT2D eigenvalue weighted by molar-refractivity contribution is 7.07. The van der Waals surface area contributed by atoms with Crippen LogP contribution in [0, 0.1) is 6.92 Å². The predicted molar refractivity (Wildman–Crippen MR) is 115 cm³/mol. The molecule has 148 valence electrons. The maximum Gasteiger partial charge on any atom is 0.265 e. The Morgan fingerprint density at radius 1 is 1.34 bits per heavy atom. The van der Waals surface area contributed by atoms with E-state index in [2.05, 4.69) is 10.3 Å². The molecule has 0 bridgehead atoms. The third-order valence-corrected chi connectivity index (χ3v) is 5.85. The molecular formula is C21H18ClN3O3S. The summed E-state index contributed by atoms with van der Waals surface area (Å²) in [6.45, 7) is 3.41. The second-order valence-corrected chi connectivity index (χ2v) is 7.81. The highest BCUT2D eigenvalue weighted by Crippen LogP contribution is 2.37. The fraction of sp³-hybridized carbons (Fsp3) is 0.190. The van der Waals surface area contributed by atoms with Crippen LogP contribution in [0.5, 0.6) is 5.75 Å². The lowest BCUT2D eigenvalue weighted by Crippen LogP contribution is -2.49. The number of nitrogens with zero attached hydrogens (tertiary/aromatic N) is 2. The molecule has 0 saturated carbocycles. The van der Waals surface area contributed by atoms with E-state index < -0.39 is 6.04 Å². The smallest absolute Gasteiger partial charge is 0.265 e. The Hall–Kier alpha value is -2.90. The number of halogens is 1. The highest BCUT2D eigenvalue weighted by Gasteiger charge is 2.33. The van der Waals surface area contributed by atoms with E-state index >= 15 is 0 Å². The number of carbonyl (C=O) groups excluding carboxylic acids is 2. The first kappa shape index (κ1) is 19.4. The van der Waals surface area contributed by atoms with Crippen molar-refractivity contribution in [2.45, 2.75) is 19.9 Å². The number of hydrogen-bond donors (Lipinski definition) is 1. The van der Waals surface area contributed by atoms with Crippen molar-refractivity contribution < 1.29 is 14.3 Å². The van der Waals surface area contributed by atoms with Gasteiger partial charge in [-0.05, 0) is 49.7 Å². The van der Waals surface area contributed by atoms with Crippen LogP contribution >= 0.6 is 22.9 Å². The maximum atomic E-state index is 12.9. The van der Waals surface area contributed by atoms with Gasteiger partial charge in [0.05, 0.1) is 16.9 Å². The Balaban J connectivity index is 1.65. The van der Waals surface area contributed by atoms with Crippen molar-refractivity contribution in [3.63, 3.8) is 0 Å². The molecule has 2 heterocycles. The van der Waals surface area contributed by atoms with Crippen LogP contribution in [0.1, 0.15) is 12.5 Å². The first-order chi connectivity index (χ1) is 14.0. The molecule has 0 saturated heterocycles. The summed E-state index contributed by atoms with van der Waals surface area (Å²) in [7, 11) is 0. The standard InChI is InChI=1S/C21H18ClN3O3S/c1-12-15(22)4-3-5-16(12)24-21(27)13(2)25-18-8-14(17-10-29-11-23-17)6-7-19(18)28-9-20(25)26/h3-8,10-11,13H,9H2,1-2H3,(H,24,27). The molecule has 2 amide bonds. The van der Waals surface area contributed by atoms with Gasteiger partial charge in [0.1, 0.15) is 11.8 Å². The normalized spacial score (nSPS) is 14.2. The van der Waals surface area contributed by atoms with Gasteiger partial charge in [-0.25, -0.2) is 4.98 Å². The fourth-order valence-electron chi connectivity index (χ4n) is 3.21. The number of carbonyl (C=O) groups is 2. The van der Waals surface area contributed by atoms with Crippen LogP contribution in [0.15, 0.2) is 47.3 Å². The van der Waals surface area contributed by atoms with Crippen molar-refractivity contribution in [3.05, 3.63) is 57.9 Å². The van der Waals surface area contributed by atoms with Gasteiger partial charge in [0.15, 0.2) is 6.61 Å². The molecule has 0 radical (unpaired) electrons. The van der Waals surface area contributed by atoms with Gasteiger partial charge in [0.25, 0.3) is 5.91 Å². The lowest BCUT2D eigenvalue weighted by molar-refractivity contribution is -0.125. The number of anilines is 2. The zero-order valence-electron chi connectivity index (χ0n) is 15.8. The van der Waals surface area contributed by atoms with Crippen LogP contribution in [0.25, 0.3) is 11.3 Å². The monoisotopic (exact) mass is 427 g/mol. The largest absolute Gasteiger partial charge is 0.482 e. The Bertz CT molecular complexity index is 1080. The van der Waals surface area contributed by atoms with Crippen LogP contribution in [0.2, 0.25) is 5.02 Å². The summed E-state index contributed by atoms with van der Waals surface area (Å²) in [6, 6.07) is 10.1. The molecule has 1 aliphatic rings. The Morgan fingerprint density at radius 3 is 2.93 bits per heavy atom. The number of thiazole rings is 1. The minimum absolute atomic E-state index is 0.114. The molecule has 1 aromatic heterocycles. The molecule has 4 rings (SSSR count). The predicted octanol–water partition coefficient (Wildman–Crippen LogP) is 4.52. The average molecular weight is 428 g/mol. The van der Waals surface area contributed by atoms with E-state index in [1.807, 2.05) is 24.4 Å². The summed E-state index contributed by atoms with van der Waals surface area (Å²) in [5.41, 5.74) is 5.35. The summed E-state index contributed by atoms with van der Waals surface area (Å²) in [6.07, 6.45) is 0. The van der Waals surface area contributed by atoms with Crippen LogP contribution in [0.3, 0.4) is 0 Å². The Morgan fingerprint density at radius 2 is 2.17 bits per heavy atom. The number of fused-ring (bicyclic) bond motifs is 1. The van der Waals surface area contributed by atoms with Crippen molar-refractivity contribution in [2.75, 3.05) is 16.8 Å². The van der Waals surface area contributed by atoms with Gasteiger partial charge in [-0.15, -0.1) is 11.3 Å². The van der Waals surface area contributed by atoms with Crippen LogP contribution < -0.4 is 15.0 Å². The van der Waals surface area contributed by atoms with E-state index in [0.717, 1.165) is 16.8 Å². The van der Waals surface area contributed by atoms with Gasteiger partial charge in [-0.1, -0.05) is 17.7 Å². The molecule has 1 aliphatic heterocycles. The molecule has 3 aromatic rings. The number of ether oxygens (including phenoxy) is 1. The Kier molecular flexibility index (Phi) is 5.25. The van der Waals surface area contributed by atoms with Crippen LogP contribution in [-0.2, 0) is 9.59 Å². The Labute approximate surface area is 177 Å². The first-order valence-corrected chi connectivity index (χ1v) is 10.3. The van der Waals surface area contributed by atoms with E-state index in [1.54, 1.807) is 36.7 Å². The minimum Gasteiger partial charge on any atom is -0.482 e. The van der Waals surface area contributed by atoms with E-state index in [-0.39, 0.29) is 18.4 Å². The molecule has 0 aliphatic carbocycles. The van der Waals surface area contributed by atoms with E-state index in [1.165, 1.54) is 16.2 Å². The van der Waals surface area contributed by atoms with Gasteiger partial charge in [0.2, 0.25) is 5.91 Å². The van der Waals surface area contributed by atoms with Crippen molar-refractivity contribution in [1.82, 2.24) is 4.98 Å². The molecular weight excluding hydrogens is 410 g/mol. The number of hydrogen-bond acceptors (Lipinski definition) is 5. The highest BCUT2D eigenvalue weighted by atomic mass is 35.5. The van der Waals surface area contributed by atoms with Crippen LogP contribution in [-0.4, -0.2) is 29.4 Å². The van der Waals surface area contributed by atoms with Crippen LogP contribution in [0.4, 0.5) is 11.4 Å². The van der Waals surface area contributed by atoms with Gasteiger partial charge < -0.3 is 10.1 Å². The molecule has 6 nitrogen and oxygen atoms in total. The van der Waals surface area contributed by atoms with Crippen molar-refractivity contribution in [2.24, 2.45) is 0 Å². The third-order valence-electron chi connectivity index (χ3n) is 4.86. The summed E-state index contributed by atoms with van der Waals surface area (Å²) >= 11 is 7.63. The first-order valence-electron chi connectivity index (χ1n) is 8.99. The van der Waals surface area contributed by atoms with Crippen molar-refractivity contribution in [3.8, 4) is 17.0 Å². The molecule has 0 spiro atoms. The lowest BCUT2D eigenvalue weighted by atomic mass is 10.1. The SMILES string of the molecule is Cc1c(Cl)cccc1NC(=O)C(C)N1C(=O)COc2ccc(-c3cscn3)cc21. The third kappa shape index (κ3) is 3.71. The molecule has 1 N–H and O–H groups in total. The van der Waals surface area contributed by atoms with Gasteiger partial charge >= 0.3 is 0 Å². The van der Waals surface area contributed by atoms with Gasteiger partial charge in [-0.3, -0.25) is 14.5 Å². The summed E-state index contributed by atoms with van der Waals surface area (Å²) in [5.74, 6) is -0.0313. The van der Waals surface area contributed by atoms with Crippen molar-refractivity contribution in [1.29, 1.82) is 0 Å². The average Bonchev–Trinajstić information content (AvgIpc) is 3.25. The minimum atomic E-state index is -0.741. The molecule has 1 atom stereocenters. The zero-order valence-corrected chi connectivity index (χ0v) is 17.4. The topological polar surface area (TPSA) is 71.5 Å². The fourth-order valence-corrected chi connectivity index (χ4v) is 3.94. The maximum absolute atomic E-state index is 12.9. The van der Waals surface area contributed by atoms with E-state index in [0.29, 0.717) is 22.1 Å². The number of rotatable bonds is 4. The molecule has 1 unspecified atom stereocenters. The summed E-state index contributed by atoms with van der Waals surface area (Å²) < 4.78 is 5.56. The second-order valence-electron chi connectivity index (χ2n) is 6.69. The molecule has 8 heteroatoms. The van der Waals surface area contributed by atoms with Crippen molar-refractivity contribution >= 4 is 46.1 Å². The summed E-state index contributed by atoms with van der Waals surface area (Å²) in [5, 5.41) is 5.36. The molecule has 2 aromatic carbocycles. The number of benzene rings is 2. The number of amides is 2. The van der Waals surface area contributed by atoms with E-state index in [9.17, 15) is 9.59 Å². The van der Waals surface area contributed by atoms with Gasteiger partial charge in [0, 0.05) is 21.7 Å². The quantitative estimate of drug-likeness (QED) is 0.664. The molecule has 0 fully saturated rings. The number of aromatic nitrogens is 1. The second kappa shape index (κ2) is 7.85. The van der Waals surface area contributed by atoms with Gasteiger partial charge in [-0.2, -0.15) is 0 Å². The number of nitrogens with one attached hydrogen (secondary N) is 1.